The van der Waals surface area contributed by atoms with E-state index in [-0.39, 0.29) is 0 Å². The van der Waals surface area contributed by atoms with Crippen LogP contribution in [0, 0.1) is 0 Å². The standard InChI is InChI=1S/C11H15ClO/c1-3-7-11(2,13)9-5-4-6-10(12)8-9/h4-6,8,13H,3,7H2,1-2H3/t11-/m1/s1. The second-order valence-electron chi connectivity index (χ2n) is 3.53. The summed E-state index contributed by atoms with van der Waals surface area (Å²) in [4.78, 5) is 0. The van der Waals surface area contributed by atoms with Gasteiger partial charge < -0.3 is 5.11 Å². The maximum absolute atomic E-state index is 10.1. The van der Waals surface area contributed by atoms with Gasteiger partial charge in [0.05, 0.1) is 5.60 Å². The Hall–Kier alpha value is -0.530. The third-order valence-electron chi connectivity index (χ3n) is 2.18. The van der Waals surface area contributed by atoms with Crippen LogP contribution in [-0.4, -0.2) is 5.11 Å². The van der Waals surface area contributed by atoms with Crippen LogP contribution in [0.2, 0.25) is 5.02 Å². The molecule has 1 rings (SSSR count). The van der Waals surface area contributed by atoms with Crippen molar-refractivity contribution in [1.29, 1.82) is 0 Å². The molecule has 0 radical (unpaired) electrons. The van der Waals surface area contributed by atoms with Crippen LogP contribution in [0.25, 0.3) is 0 Å². The van der Waals surface area contributed by atoms with Crippen molar-refractivity contribution in [2.75, 3.05) is 0 Å². The first-order valence-corrected chi connectivity index (χ1v) is 4.92. The second kappa shape index (κ2) is 4.12. The van der Waals surface area contributed by atoms with Gasteiger partial charge >= 0.3 is 0 Å². The van der Waals surface area contributed by atoms with Crippen LogP contribution < -0.4 is 0 Å². The summed E-state index contributed by atoms with van der Waals surface area (Å²) < 4.78 is 0. The lowest BCUT2D eigenvalue weighted by Crippen LogP contribution is -2.20. The Morgan fingerprint density at radius 3 is 2.69 bits per heavy atom. The molecule has 1 atom stereocenters. The maximum atomic E-state index is 10.1. The molecule has 0 heterocycles. The fraction of sp³-hybridized carbons (Fsp3) is 0.455. The van der Waals surface area contributed by atoms with Gasteiger partial charge in [-0.3, -0.25) is 0 Å². The van der Waals surface area contributed by atoms with Gasteiger partial charge in [0.15, 0.2) is 0 Å². The van der Waals surface area contributed by atoms with E-state index in [9.17, 15) is 5.11 Å². The molecule has 72 valence electrons. The van der Waals surface area contributed by atoms with Crippen LogP contribution in [0.15, 0.2) is 24.3 Å². The van der Waals surface area contributed by atoms with Crippen LogP contribution in [0.3, 0.4) is 0 Å². The minimum atomic E-state index is -0.750. The van der Waals surface area contributed by atoms with Crippen molar-refractivity contribution in [3.8, 4) is 0 Å². The van der Waals surface area contributed by atoms with E-state index >= 15 is 0 Å². The average Bonchev–Trinajstić information content (AvgIpc) is 2.04. The van der Waals surface area contributed by atoms with E-state index in [1.165, 1.54) is 0 Å². The zero-order valence-corrected chi connectivity index (χ0v) is 8.80. The number of hydrogen-bond donors (Lipinski definition) is 1. The molecule has 0 aliphatic rings. The number of benzene rings is 1. The van der Waals surface area contributed by atoms with Crippen molar-refractivity contribution >= 4 is 11.6 Å². The van der Waals surface area contributed by atoms with Crippen LogP contribution in [-0.2, 0) is 5.60 Å². The minimum absolute atomic E-state index is 0.675. The van der Waals surface area contributed by atoms with Gasteiger partial charge in [0, 0.05) is 5.02 Å². The van der Waals surface area contributed by atoms with Gasteiger partial charge in [-0.25, -0.2) is 0 Å². The minimum Gasteiger partial charge on any atom is -0.385 e. The molecule has 0 saturated carbocycles. The molecule has 0 spiro atoms. The van der Waals surface area contributed by atoms with Crippen LogP contribution in [0.4, 0.5) is 0 Å². The molecule has 1 nitrogen and oxygen atoms in total. The molecule has 0 aliphatic carbocycles. The Morgan fingerprint density at radius 1 is 1.46 bits per heavy atom. The van der Waals surface area contributed by atoms with Crippen molar-refractivity contribution in [3.63, 3.8) is 0 Å². The largest absolute Gasteiger partial charge is 0.385 e. The van der Waals surface area contributed by atoms with E-state index in [1.807, 2.05) is 31.2 Å². The molecule has 0 unspecified atom stereocenters. The lowest BCUT2D eigenvalue weighted by Gasteiger charge is -2.23. The topological polar surface area (TPSA) is 20.2 Å². The highest BCUT2D eigenvalue weighted by atomic mass is 35.5. The molecule has 0 saturated heterocycles. The predicted molar refractivity (Wildman–Crippen MR) is 55.9 cm³/mol. The zero-order valence-electron chi connectivity index (χ0n) is 8.05. The third-order valence-corrected chi connectivity index (χ3v) is 2.42. The summed E-state index contributed by atoms with van der Waals surface area (Å²) in [6.45, 7) is 3.88. The van der Waals surface area contributed by atoms with E-state index < -0.39 is 5.60 Å². The fourth-order valence-corrected chi connectivity index (χ4v) is 1.64. The highest BCUT2D eigenvalue weighted by molar-refractivity contribution is 6.30. The van der Waals surface area contributed by atoms with Gasteiger partial charge in [0.1, 0.15) is 0 Å². The Morgan fingerprint density at radius 2 is 2.15 bits per heavy atom. The molecular formula is C11H15ClO. The SMILES string of the molecule is CCC[C@@](C)(O)c1cccc(Cl)c1. The summed E-state index contributed by atoms with van der Waals surface area (Å²) in [6, 6.07) is 7.40. The molecule has 0 bridgehead atoms. The predicted octanol–water partition coefficient (Wildman–Crippen LogP) is 3.35. The van der Waals surface area contributed by atoms with E-state index in [2.05, 4.69) is 6.92 Å². The smallest absolute Gasteiger partial charge is 0.0869 e. The van der Waals surface area contributed by atoms with Crippen LogP contribution in [0.5, 0.6) is 0 Å². The molecule has 1 aromatic carbocycles. The molecule has 0 fully saturated rings. The summed E-state index contributed by atoms with van der Waals surface area (Å²) in [5, 5.41) is 10.7. The molecular weight excluding hydrogens is 184 g/mol. The van der Waals surface area contributed by atoms with E-state index in [4.69, 9.17) is 11.6 Å². The number of hydrogen-bond acceptors (Lipinski definition) is 1. The summed E-state index contributed by atoms with van der Waals surface area (Å²) in [5.74, 6) is 0. The molecule has 0 aliphatic heterocycles. The van der Waals surface area contributed by atoms with Gasteiger partial charge in [0.25, 0.3) is 0 Å². The normalized spacial score (nSPS) is 15.4. The zero-order chi connectivity index (χ0) is 9.90. The Balaban J connectivity index is 2.93. The Bertz CT molecular complexity index is 281. The first kappa shape index (κ1) is 10.6. The summed E-state index contributed by atoms with van der Waals surface area (Å²) >= 11 is 5.84. The van der Waals surface area contributed by atoms with E-state index in [1.54, 1.807) is 0 Å². The molecule has 0 aromatic heterocycles. The van der Waals surface area contributed by atoms with Gasteiger partial charge in [-0.05, 0) is 31.0 Å². The Kier molecular flexibility index (Phi) is 3.34. The molecule has 13 heavy (non-hydrogen) atoms. The van der Waals surface area contributed by atoms with Crippen molar-refractivity contribution < 1.29 is 5.11 Å². The van der Waals surface area contributed by atoms with Crippen molar-refractivity contribution in [3.05, 3.63) is 34.9 Å². The van der Waals surface area contributed by atoms with Gasteiger partial charge in [-0.15, -0.1) is 0 Å². The average molecular weight is 199 g/mol. The fourth-order valence-electron chi connectivity index (χ4n) is 1.45. The van der Waals surface area contributed by atoms with E-state index in [0.29, 0.717) is 5.02 Å². The van der Waals surface area contributed by atoms with E-state index in [0.717, 1.165) is 18.4 Å². The molecule has 2 heteroatoms. The molecule has 0 amide bonds. The van der Waals surface area contributed by atoms with Crippen molar-refractivity contribution in [2.24, 2.45) is 0 Å². The summed E-state index contributed by atoms with van der Waals surface area (Å²) in [5.41, 5.74) is 0.140. The molecule has 1 N–H and O–H groups in total. The van der Waals surface area contributed by atoms with Crippen LogP contribution in [0.1, 0.15) is 32.3 Å². The number of aliphatic hydroxyl groups is 1. The van der Waals surface area contributed by atoms with Gasteiger partial charge in [-0.2, -0.15) is 0 Å². The highest BCUT2D eigenvalue weighted by Crippen LogP contribution is 2.27. The van der Waals surface area contributed by atoms with Gasteiger partial charge in [0.2, 0.25) is 0 Å². The number of rotatable bonds is 3. The highest BCUT2D eigenvalue weighted by Gasteiger charge is 2.21. The monoisotopic (exact) mass is 198 g/mol. The summed E-state index contributed by atoms with van der Waals surface area (Å²) in [7, 11) is 0. The van der Waals surface area contributed by atoms with Crippen molar-refractivity contribution in [1.82, 2.24) is 0 Å². The lowest BCUT2D eigenvalue weighted by atomic mass is 9.92. The number of halogens is 1. The quantitative estimate of drug-likeness (QED) is 0.790. The van der Waals surface area contributed by atoms with Gasteiger partial charge in [-0.1, -0.05) is 37.1 Å². The second-order valence-corrected chi connectivity index (χ2v) is 3.97. The van der Waals surface area contributed by atoms with Crippen LogP contribution >= 0.6 is 11.6 Å². The third kappa shape index (κ3) is 2.71. The summed E-state index contributed by atoms with van der Waals surface area (Å²) in [6.07, 6.45) is 1.72. The van der Waals surface area contributed by atoms with Crippen molar-refractivity contribution in [2.45, 2.75) is 32.3 Å². The Labute approximate surface area is 84.4 Å². The lowest BCUT2D eigenvalue weighted by molar-refractivity contribution is 0.0470. The maximum Gasteiger partial charge on any atom is 0.0869 e. The molecule has 1 aromatic rings. The first-order valence-electron chi connectivity index (χ1n) is 4.54. The first-order chi connectivity index (χ1) is 6.06.